The van der Waals surface area contributed by atoms with E-state index < -0.39 is 0 Å². The van der Waals surface area contributed by atoms with Gasteiger partial charge in [-0.1, -0.05) is 13.8 Å². The van der Waals surface area contributed by atoms with Gasteiger partial charge >= 0.3 is 0 Å². The highest BCUT2D eigenvalue weighted by Gasteiger charge is 2.30. The summed E-state index contributed by atoms with van der Waals surface area (Å²) in [6, 6.07) is 0.218. The molecule has 0 saturated carbocycles. The summed E-state index contributed by atoms with van der Waals surface area (Å²) < 4.78 is 0. The summed E-state index contributed by atoms with van der Waals surface area (Å²) in [5.74, 6) is 1.09. The van der Waals surface area contributed by atoms with E-state index in [-0.39, 0.29) is 6.04 Å². The third kappa shape index (κ3) is 1.80. The smallest absolute Gasteiger partial charge is 0.149 e. The molecule has 0 aliphatic carbocycles. The Morgan fingerprint density at radius 3 is 2.64 bits per heavy atom. The molecule has 0 radical (unpaired) electrons. The first-order valence-corrected chi connectivity index (χ1v) is 4.38. The summed E-state index contributed by atoms with van der Waals surface area (Å²) in [5, 5.41) is 0. The molecule has 2 nitrogen and oxygen atoms in total. The van der Waals surface area contributed by atoms with Crippen LogP contribution in [0.2, 0.25) is 0 Å². The molecule has 1 fully saturated rings. The Balaban J connectivity index is 2.52. The molecule has 0 spiro atoms. The first kappa shape index (κ1) is 8.72. The van der Waals surface area contributed by atoms with Gasteiger partial charge in [0.25, 0.3) is 0 Å². The molecule has 1 aliphatic rings. The van der Waals surface area contributed by atoms with Crippen molar-refractivity contribution in [1.29, 1.82) is 0 Å². The van der Waals surface area contributed by atoms with Crippen LogP contribution in [0.25, 0.3) is 0 Å². The third-order valence-corrected chi connectivity index (χ3v) is 2.48. The number of Topliss-reactive ketones (excluding diaryl/α,β-unsaturated/α-hetero) is 1. The van der Waals surface area contributed by atoms with Crippen LogP contribution in [0.5, 0.6) is 0 Å². The van der Waals surface area contributed by atoms with Crippen molar-refractivity contribution in [3.05, 3.63) is 0 Å². The van der Waals surface area contributed by atoms with Gasteiger partial charge in [-0.25, -0.2) is 0 Å². The fourth-order valence-corrected chi connectivity index (χ4v) is 1.87. The molecule has 2 atom stereocenters. The highest BCUT2D eigenvalue weighted by molar-refractivity contribution is 5.83. The molecule has 11 heavy (non-hydrogen) atoms. The Morgan fingerprint density at radius 1 is 1.64 bits per heavy atom. The Labute approximate surface area is 68.6 Å². The largest absolute Gasteiger partial charge is 0.298 e. The second-order valence-electron chi connectivity index (χ2n) is 3.62. The van der Waals surface area contributed by atoms with Crippen LogP contribution in [-0.2, 0) is 4.79 Å². The van der Waals surface area contributed by atoms with Crippen molar-refractivity contribution < 1.29 is 4.79 Å². The molecule has 2 heteroatoms. The molecular formula is C9H17NO. The molecule has 0 N–H and O–H groups in total. The highest BCUT2D eigenvalue weighted by Crippen LogP contribution is 2.21. The van der Waals surface area contributed by atoms with Gasteiger partial charge in [-0.05, 0) is 19.4 Å². The minimum atomic E-state index is 0.218. The molecule has 0 aromatic carbocycles. The number of hydrogen-bond donors (Lipinski definition) is 0. The summed E-state index contributed by atoms with van der Waals surface area (Å²) >= 11 is 0. The highest BCUT2D eigenvalue weighted by atomic mass is 16.1. The second kappa shape index (κ2) is 3.35. The lowest BCUT2D eigenvalue weighted by atomic mass is 10.0. The van der Waals surface area contributed by atoms with E-state index in [9.17, 15) is 4.79 Å². The van der Waals surface area contributed by atoms with Crippen molar-refractivity contribution in [2.24, 2.45) is 5.92 Å². The third-order valence-electron chi connectivity index (χ3n) is 2.48. The molecule has 0 amide bonds. The van der Waals surface area contributed by atoms with Crippen molar-refractivity contribution in [3.8, 4) is 0 Å². The average Bonchev–Trinajstić information content (AvgIpc) is 2.28. The molecule has 1 rings (SSSR count). The number of carbonyl (C=O) groups is 1. The van der Waals surface area contributed by atoms with Gasteiger partial charge in [0, 0.05) is 13.0 Å². The van der Waals surface area contributed by atoms with E-state index in [2.05, 4.69) is 11.8 Å². The van der Waals surface area contributed by atoms with Crippen LogP contribution in [0.3, 0.4) is 0 Å². The normalized spacial score (nSPS) is 32.6. The first-order valence-electron chi connectivity index (χ1n) is 4.38. The van der Waals surface area contributed by atoms with Crippen LogP contribution in [-0.4, -0.2) is 30.3 Å². The molecule has 1 aliphatic heterocycles. The Hall–Kier alpha value is -0.370. The van der Waals surface area contributed by atoms with E-state index in [1.54, 1.807) is 0 Å². The predicted molar refractivity (Wildman–Crippen MR) is 45.5 cm³/mol. The first-order chi connectivity index (χ1) is 5.15. The van der Waals surface area contributed by atoms with Gasteiger partial charge in [-0.3, -0.25) is 9.69 Å². The van der Waals surface area contributed by atoms with Crippen LogP contribution in [0.1, 0.15) is 26.7 Å². The maximum Gasteiger partial charge on any atom is 0.149 e. The quantitative estimate of drug-likeness (QED) is 0.599. The van der Waals surface area contributed by atoms with Crippen LogP contribution >= 0.6 is 0 Å². The zero-order valence-corrected chi connectivity index (χ0v) is 7.63. The Bertz CT molecular complexity index is 156. The molecular weight excluding hydrogens is 138 g/mol. The van der Waals surface area contributed by atoms with Crippen molar-refractivity contribution in [3.63, 3.8) is 0 Å². The maximum absolute atomic E-state index is 11.3. The number of rotatable bonds is 2. The zero-order chi connectivity index (χ0) is 8.43. The molecule has 64 valence electrons. The van der Waals surface area contributed by atoms with Crippen molar-refractivity contribution in [2.45, 2.75) is 32.7 Å². The molecule has 0 aromatic rings. The van der Waals surface area contributed by atoms with E-state index >= 15 is 0 Å². The molecule has 2 unspecified atom stereocenters. The summed E-state index contributed by atoms with van der Waals surface area (Å²) in [6.07, 6.45) is 1.74. The van der Waals surface area contributed by atoms with Crippen LogP contribution < -0.4 is 0 Å². The summed E-state index contributed by atoms with van der Waals surface area (Å²) in [6.45, 7) is 5.23. The zero-order valence-electron chi connectivity index (χ0n) is 7.63. The number of nitrogens with zero attached hydrogens (tertiary/aromatic N) is 1. The topological polar surface area (TPSA) is 20.3 Å². The van der Waals surface area contributed by atoms with Gasteiger partial charge in [0.2, 0.25) is 0 Å². The fourth-order valence-electron chi connectivity index (χ4n) is 1.87. The van der Waals surface area contributed by atoms with E-state index in [0.29, 0.717) is 18.1 Å². The number of hydrogen-bond acceptors (Lipinski definition) is 2. The minimum absolute atomic E-state index is 0.218. The maximum atomic E-state index is 11.3. The van der Waals surface area contributed by atoms with E-state index in [1.807, 2.05) is 14.0 Å². The molecule has 0 bridgehead atoms. The lowest BCUT2D eigenvalue weighted by molar-refractivity contribution is -0.122. The summed E-state index contributed by atoms with van der Waals surface area (Å²) in [4.78, 5) is 13.5. The van der Waals surface area contributed by atoms with Gasteiger partial charge in [-0.15, -0.1) is 0 Å². The van der Waals surface area contributed by atoms with E-state index in [4.69, 9.17) is 0 Å². The molecule has 0 aromatic heterocycles. The molecule has 1 heterocycles. The van der Waals surface area contributed by atoms with Gasteiger partial charge in [0.15, 0.2) is 0 Å². The fraction of sp³-hybridized carbons (Fsp3) is 0.889. The monoisotopic (exact) mass is 155 g/mol. The predicted octanol–water partition coefficient (Wildman–Crippen LogP) is 1.31. The van der Waals surface area contributed by atoms with Crippen LogP contribution in [0.15, 0.2) is 0 Å². The number of likely N-dealkylation sites (N-methyl/N-ethyl adjacent to an activating group) is 1. The second-order valence-corrected chi connectivity index (χ2v) is 3.62. The van der Waals surface area contributed by atoms with Gasteiger partial charge in [0.05, 0.1) is 6.04 Å². The van der Waals surface area contributed by atoms with Gasteiger partial charge in [0.1, 0.15) is 5.78 Å². The lowest BCUT2D eigenvalue weighted by Gasteiger charge is -2.16. The Morgan fingerprint density at radius 2 is 2.27 bits per heavy atom. The average molecular weight is 155 g/mol. The SMILES string of the molecule is CCC(=O)C1CC(C)CN1C. The van der Waals surface area contributed by atoms with E-state index in [1.165, 1.54) is 0 Å². The summed E-state index contributed by atoms with van der Waals surface area (Å²) in [7, 11) is 2.04. The summed E-state index contributed by atoms with van der Waals surface area (Å²) in [5.41, 5.74) is 0. The number of carbonyl (C=O) groups excluding carboxylic acids is 1. The number of likely N-dealkylation sites (tertiary alicyclic amines) is 1. The van der Waals surface area contributed by atoms with Crippen molar-refractivity contribution >= 4 is 5.78 Å². The van der Waals surface area contributed by atoms with Crippen molar-refractivity contribution in [1.82, 2.24) is 4.90 Å². The van der Waals surface area contributed by atoms with E-state index in [0.717, 1.165) is 13.0 Å². The van der Waals surface area contributed by atoms with Crippen LogP contribution in [0.4, 0.5) is 0 Å². The molecule has 1 saturated heterocycles. The minimum Gasteiger partial charge on any atom is -0.298 e. The lowest BCUT2D eigenvalue weighted by Crippen LogP contribution is -2.32. The van der Waals surface area contributed by atoms with Gasteiger partial charge in [-0.2, -0.15) is 0 Å². The van der Waals surface area contributed by atoms with Crippen molar-refractivity contribution in [2.75, 3.05) is 13.6 Å². The number of ketones is 1. The Kier molecular flexibility index (Phi) is 2.66. The standard InChI is InChI=1S/C9H17NO/c1-4-9(11)8-5-7(2)6-10(8)3/h7-8H,4-6H2,1-3H3. The van der Waals surface area contributed by atoms with Crippen LogP contribution in [0, 0.1) is 5.92 Å². The van der Waals surface area contributed by atoms with Gasteiger partial charge < -0.3 is 0 Å².